The summed E-state index contributed by atoms with van der Waals surface area (Å²) >= 11 is 0. The maximum atomic E-state index is 5.11. The molecule has 0 atom stereocenters. The smallest absolute Gasteiger partial charge is 0.0313 e. The monoisotopic (exact) mass is 133 g/mol. The van der Waals surface area contributed by atoms with Crippen LogP contribution in [0, 0.1) is 6.58 Å². The van der Waals surface area contributed by atoms with Gasteiger partial charge in [-0.1, -0.05) is 43.0 Å². The van der Waals surface area contributed by atoms with E-state index in [-0.39, 0.29) is 0 Å². The summed E-state index contributed by atoms with van der Waals surface area (Å²) in [7, 11) is 0. The SMILES string of the molecule is [CH]=CC=CC=CCCC=C. The van der Waals surface area contributed by atoms with Gasteiger partial charge in [-0.15, -0.1) is 6.58 Å². The molecule has 0 aromatic rings. The van der Waals surface area contributed by atoms with E-state index in [0.717, 1.165) is 12.8 Å². The maximum absolute atomic E-state index is 5.11. The number of rotatable bonds is 5. The molecule has 0 heteroatoms. The van der Waals surface area contributed by atoms with Crippen LogP contribution in [0.5, 0.6) is 0 Å². The fourth-order valence-corrected chi connectivity index (χ4v) is 0.517. The van der Waals surface area contributed by atoms with Crippen LogP contribution in [0.25, 0.3) is 0 Å². The van der Waals surface area contributed by atoms with Crippen molar-refractivity contribution < 1.29 is 0 Å². The lowest BCUT2D eigenvalue weighted by Crippen LogP contribution is -1.60. The van der Waals surface area contributed by atoms with Crippen LogP contribution in [-0.2, 0) is 0 Å². The van der Waals surface area contributed by atoms with Crippen LogP contribution < -0.4 is 0 Å². The number of allylic oxidation sites excluding steroid dienone is 6. The summed E-state index contributed by atoms with van der Waals surface area (Å²) in [5, 5.41) is 0. The summed E-state index contributed by atoms with van der Waals surface area (Å²) < 4.78 is 0. The topological polar surface area (TPSA) is 0 Å². The second kappa shape index (κ2) is 7.96. The Balaban J connectivity index is 3.27. The number of hydrogen-bond donors (Lipinski definition) is 0. The molecule has 0 aromatic carbocycles. The number of unbranched alkanes of at least 4 members (excludes halogenated alkanes) is 1. The molecule has 0 aliphatic rings. The standard InChI is InChI=1S/C10H13/c1-3-5-7-9-10-8-6-4-2/h1,3-5,7,9-10H,2,6,8H2. The van der Waals surface area contributed by atoms with Crippen molar-refractivity contribution in [2.24, 2.45) is 0 Å². The lowest BCUT2D eigenvalue weighted by atomic mass is 10.3. The lowest BCUT2D eigenvalue weighted by Gasteiger charge is -1.80. The van der Waals surface area contributed by atoms with E-state index in [2.05, 4.69) is 12.7 Å². The molecule has 0 aliphatic carbocycles. The Hall–Kier alpha value is -1.04. The van der Waals surface area contributed by atoms with Crippen molar-refractivity contribution in [3.8, 4) is 0 Å². The van der Waals surface area contributed by atoms with Gasteiger partial charge >= 0.3 is 0 Å². The molecule has 0 heterocycles. The van der Waals surface area contributed by atoms with Crippen molar-refractivity contribution in [2.45, 2.75) is 12.8 Å². The first-order chi connectivity index (χ1) is 4.91. The Morgan fingerprint density at radius 1 is 1.10 bits per heavy atom. The van der Waals surface area contributed by atoms with Crippen molar-refractivity contribution >= 4 is 0 Å². The highest BCUT2D eigenvalue weighted by molar-refractivity contribution is 5.08. The first-order valence-electron chi connectivity index (χ1n) is 3.39. The van der Waals surface area contributed by atoms with Crippen LogP contribution in [-0.4, -0.2) is 0 Å². The normalized spacial score (nSPS) is 10.8. The second-order valence-corrected chi connectivity index (χ2v) is 1.87. The van der Waals surface area contributed by atoms with Gasteiger partial charge in [0.05, 0.1) is 0 Å². The largest absolute Gasteiger partial charge is 0.103 e. The lowest BCUT2D eigenvalue weighted by molar-refractivity contribution is 1.06. The molecular formula is C10H13. The van der Waals surface area contributed by atoms with Gasteiger partial charge < -0.3 is 0 Å². The molecular weight excluding hydrogens is 120 g/mol. The molecule has 10 heavy (non-hydrogen) atoms. The van der Waals surface area contributed by atoms with Crippen molar-refractivity contribution in [3.63, 3.8) is 0 Å². The van der Waals surface area contributed by atoms with Gasteiger partial charge in [-0.3, -0.25) is 0 Å². The Bertz CT molecular complexity index is 138. The van der Waals surface area contributed by atoms with E-state index >= 15 is 0 Å². The molecule has 0 amide bonds. The minimum atomic E-state index is 1.04. The van der Waals surface area contributed by atoms with Crippen LogP contribution in [0.1, 0.15) is 12.8 Å². The number of hydrogen-bond acceptors (Lipinski definition) is 0. The van der Waals surface area contributed by atoms with Gasteiger partial charge in [0, 0.05) is 0 Å². The Morgan fingerprint density at radius 2 is 1.90 bits per heavy atom. The van der Waals surface area contributed by atoms with Crippen molar-refractivity contribution in [1.82, 2.24) is 0 Å². The van der Waals surface area contributed by atoms with E-state index in [0.29, 0.717) is 0 Å². The molecule has 0 aromatic heterocycles. The fraction of sp³-hybridized carbons (Fsp3) is 0.200. The predicted molar refractivity (Wildman–Crippen MR) is 46.6 cm³/mol. The van der Waals surface area contributed by atoms with Crippen molar-refractivity contribution in [2.75, 3.05) is 0 Å². The first kappa shape index (κ1) is 8.96. The van der Waals surface area contributed by atoms with Crippen LogP contribution in [0.3, 0.4) is 0 Å². The van der Waals surface area contributed by atoms with Gasteiger partial charge in [0.1, 0.15) is 0 Å². The highest BCUT2D eigenvalue weighted by Crippen LogP contribution is 1.90. The molecule has 0 aliphatic heterocycles. The first-order valence-corrected chi connectivity index (χ1v) is 3.39. The minimum Gasteiger partial charge on any atom is -0.103 e. The van der Waals surface area contributed by atoms with Gasteiger partial charge in [0.2, 0.25) is 0 Å². The third-order valence-electron chi connectivity index (χ3n) is 1.01. The molecule has 0 fully saturated rings. The van der Waals surface area contributed by atoms with Gasteiger partial charge in [-0.2, -0.15) is 0 Å². The Kier molecular flexibility index (Phi) is 7.13. The van der Waals surface area contributed by atoms with E-state index in [1.807, 2.05) is 18.2 Å². The minimum absolute atomic E-state index is 1.04. The third kappa shape index (κ3) is 6.96. The van der Waals surface area contributed by atoms with Crippen molar-refractivity contribution in [1.29, 1.82) is 0 Å². The highest BCUT2D eigenvalue weighted by Gasteiger charge is 1.70. The second-order valence-electron chi connectivity index (χ2n) is 1.87. The summed E-state index contributed by atoms with van der Waals surface area (Å²) in [4.78, 5) is 0. The summed E-state index contributed by atoms with van der Waals surface area (Å²) in [5.41, 5.74) is 0. The zero-order valence-corrected chi connectivity index (χ0v) is 6.16. The molecule has 0 saturated carbocycles. The van der Waals surface area contributed by atoms with Crippen LogP contribution in [0.4, 0.5) is 0 Å². The zero-order valence-electron chi connectivity index (χ0n) is 6.16. The summed E-state index contributed by atoms with van der Waals surface area (Å²) in [6.45, 7) is 8.72. The Morgan fingerprint density at radius 3 is 2.50 bits per heavy atom. The zero-order chi connectivity index (χ0) is 7.66. The van der Waals surface area contributed by atoms with E-state index in [1.165, 1.54) is 6.08 Å². The predicted octanol–water partition coefficient (Wildman–Crippen LogP) is 3.05. The van der Waals surface area contributed by atoms with Crippen LogP contribution >= 0.6 is 0 Å². The quantitative estimate of drug-likeness (QED) is 0.307. The molecule has 53 valence electrons. The van der Waals surface area contributed by atoms with Gasteiger partial charge in [0.25, 0.3) is 0 Å². The highest BCUT2D eigenvalue weighted by atomic mass is 13.8. The summed E-state index contributed by atoms with van der Waals surface area (Å²) in [6, 6.07) is 0. The summed E-state index contributed by atoms with van der Waals surface area (Å²) in [6.07, 6.45) is 13.3. The molecule has 0 bridgehead atoms. The third-order valence-corrected chi connectivity index (χ3v) is 1.01. The van der Waals surface area contributed by atoms with Crippen LogP contribution in [0.2, 0.25) is 0 Å². The summed E-state index contributed by atoms with van der Waals surface area (Å²) in [5.74, 6) is 0. The molecule has 1 radical (unpaired) electrons. The molecule has 0 spiro atoms. The average molecular weight is 133 g/mol. The van der Waals surface area contributed by atoms with Crippen molar-refractivity contribution in [3.05, 3.63) is 49.6 Å². The van der Waals surface area contributed by atoms with E-state index in [9.17, 15) is 0 Å². The van der Waals surface area contributed by atoms with E-state index < -0.39 is 0 Å². The fourth-order valence-electron chi connectivity index (χ4n) is 0.517. The Labute approximate surface area is 63.3 Å². The van der Waals surface area contributed by atoms with Crippen LogP contribution in [0.15, 0.2) is 43.0 Å². The maximum Gasteiger partial charge on any atom is -0.0313 e. The average Bonchev–Trinajstić information content (AvgIpc) is 1.97. The molecule has 0 unspecified atom stereocenters. The van der Waals surface area contributed by atoms with Gasteiger partial charge in [0.15, 0.2) is 0 Å². The van der Waals surface area contributed by atoms with E-state index in [1.54, 1.807) is 6.08 Å². The molecule has 0 nitrogen and oxygen atoms in total. The van der Waals surface area contributed by atoms with Gasteiger partial charge in [-0.05, 0) is 12.8 Å². The van der Waals surface area contributed by atoms with E-state index in [4.69, 9.17) is 6.58 Å². The molecule has 0 rings (SSSR count). The molecule has 0 saturated heterocycles. The molecule has 0 N–H and O–H groups in total. The van der Waals surface area contributed by atoms with Gasteiger partial charge in [-0.25, -0.2) is 0 Å².